The molecule has 7 heteroatoms. The molecule has 0 radical (unpaired) electrons. The summed E-state index contributed by atoms with van der Waals surface area (Å²) in [5.41, 5.74) is 5.11. The average molecular weight is 303 g/mol. The molecule has 0 saturated carbocycles. The van der Waals surface area contributed by atoms with Gasteiger partial charge in [-0.05, 0) is 32.5 Å². The number of hydrogen-bond acceptors (Lipinski definition) is 4. The van der Waals surface area contributed by atoms with E-state index in [9.17, 15) is 12.8 Å². The maximum Gasteiger partial charge on any atom is 0.242 e. The first kappa shape index (κ1) is 16.9. The van der Waals surface area contributed by atoms with Gasteiger partial charge in [0.15, 0.2) is 0 Å². The minimum Gasteiger partial charge on any atom is -0.395 e. The van der Waals surface area contributed by atoms with Crippen molar-refractivity contribution < 1.29 is 12.8 Å². The lowest BCUT2D eigenvalue weighted by atomic mass is 10.2. The number of rotatable bonds is 7. The summed E-state index contributed by atoms with van der Waals surface area (Å²) in [6.07, 6.45) is 0.986. The van der Waals surface area contributed by atoms with Crippen LogP contribution in [0.4, 0.5) is 10.1 Å². The summed E-state index contributed by atoms with van der Waals surface area (Å²) in [6.45, 7) is 4.96. The average Bonchev–Trinajstić information content (AvgIpc) is 2.40. The number of benzene rings is 1. The Hall–Kier alpha value is -1.18. The van der Waals surface area contributed by atoms with E-state index in [0.29, 0.717) is 12.6 Å². The van der Waals surface area contributed by atoms with Gasteiger partial charge < -0.3 is 10.6 Å². The number of nitrogens with two attached hydrogens (primary N) is 1. The molecule has 0 bridgehead atoms. The van der Waals surface area contributed by atoms with Gasteiger partial charge in [0, 0.05) is 19.1 Å². The van der Waals surface area contributed by atoms with Gasteiger partial charge in [-0.3, -0.25) is 0 Å². The van der Waals surface area contributed by atoms with Gasteiger partial charge in [0.1, 0.15) is 10.7 Å². The number of nitrogens with one attached hydrogen (secondary N) is 1. The van der Waals surface area contributed by atoms with E-state index in [1.54, 1.807) is 0 Å². The number of sulfonamides is 1. The minimum absolute atomic E-state index is 0.219. The molecule has 1 aromatic carbocycles. The summed E-state index contributed by atoms with van der Waals surface area (Å²) >= 11 is 0. The highest BCUT2D eigenvalue weighted by Gasteiger charge is 2.19. The van der Waals surface area contributed by atoms with E-state index in [1.165, 1.54) is 12.1 Å². The van der Waals surface area contributed by atoms with Gasteiger partial charge >= 0.3 is 0 Å². The molecule has 20 heavy (non-hydrogen) atoms. The number of para-hydroxylation sites is 1. The number of anilines is 1. The van der Waals surface area contributed by atoms with Crippen molar-refractivity contribution in [1.82, 2.24) is 9.62 Å². The van der Waals surface area contributed by atoms with Crippen molar-refractivity contribution in [3.8, 4) is 0 Å². The van der Waals surface area contributed by atoms with Gasteiger partial charge in [0.25, 0.3) is 0 Å². The maximum absolute atomic E-state index is 13.3. The second-order valence-electron chi connectivity index (χ2n) is 4.79. The van der Waals surface area contributed by atoms with Gasteiger partial charge in [-0.15, -0.1) is 0 Å². The lowest BCUT2D eigenvalue weighted by Crippen LogP contribution is -2.37. The van der Waals surface area contributed by atoms with Crippen molar-refractivity contribution in [2.45, 2.75) is 31.2 Å². The zero-order chi connectivity index (χ0) is 15.3. The Morgan fingerprint density at radius 3 is 2.70 bits per heavy atom. The van der Waals surface area contributed by atoms with E-state index in [2.05, 4.69) is 23.5 Å². The predicted octanol–water partition coefficient (Wildman–Crippen LogP) is 1.42. The summed E-state index contributed by atoms with van der Waals surface area (Å²) in [5.74, 6) is -0.732. The maximum atomic E-state index is 13.3. The second-order valence-corrected chi connectivity index (χ2v) is 6.52. The highest BCUT2D eigenvalue weighted by Crippen LogP contribution is 2.20. The Morgan fingerprint density at radius 2 is 2.10 bits per heavy atom. The smallest absolute Gasteiger partial charge is 0.242 e. The number of nitrogens with zero attached hydrogens (tertiary/aromatic N) is 1. The molecule has 0 heterocycles. The molecule has 5 nitrogen and oxygen atoms in total. The van der Waals surface area contributed by atoms with Crippen LogP contribution in [0, 0.1) is 5.82 Å². The molecule has 1 rings (SSSR count). The number of likely N-dealkylation sites (N-methyl/N-ethyl adjacent to an activating group) is 1. The van der Waals surface area contributed by atoms with Crippen LogP contribution < -0.4 is 10.5 Å². The van der Waals surface area contributed by atoms with Crippen molar-refractivity contribution >= 4 is 15.7 Å². The molecular formula is C13H22FN3O2S. The molecule has 3 N–H and O–H groups in total. The van der Waals surface area contributed by atoms with Gasteiger partial charge in [0.05, 0.1) is 5.69 Å². The van der Waals surface area contributed by atoms with Gasteiger partial charge in [-0.25, -0.2) is 17.5 Å². The first-order chi connectivity index (χ1) is 9.29. The second kappa shape index (κ2) is 7.01. The van der Waals surface area contributed by atoms with Crippen molar-refractivity contribution in [3.63, 3.8) is 0 Å². The van der Waals surface area contributed by atoms with Crippen LogP contribution in [0.15, 0.2) is 23.1 Å². The third-order valence-corrected chi connectivity index (χ3v) is 4.92. The molecule has 1 atom stereocenters. The molecule has 0 aliphatic heterocycles. The normalized spacial score (nSPS) is 13.7. The van der Waals surface area contributed by atoms with Crippen LogP contribution in [0.5, 0.6) is 0 Å². The molecule has 114 valence electrons. The first-order valence-corrected chi connectivity index (χ1v) is 8.01. The van der Waals surface area contributed by atoms with Crippen molar-refractivity contribution in [3.05, 3.63) is 24.0 Å². The van der Waals surface area contributed by atoms with Gasteiger partial charge in [-0.1, -0.05) is 13.0 Å². The zero-order valence-corrected chi connectivity index (χ0v) is 12.9. The van der Waals surface area contributed by atoms with E-state index < -0.39 is 15.8 Å². The minimum atomic E-state index is -3.78. The predicted molar refractivity (Wildman–Crippen MR) is 78.4 cm³/mol. The molecule has 0 spiro atoms. The topological polar surface area (TPSA) is 75.4 Å². The Kier molecular flexibility index (Phi) is 5.91. The number of halogens is 1. The third-order valence-electron chi connectivity index (χ3n) is 3.40. The van der Waals surface area contributed by atoms with Crippen LogP contribution >= 0.6 is 0 Å². The van der Waals surface area contributed by atoms with Gasteiger partial charge in [0.2, 0.25) is 10.0 Å². The van der Waals surface area contributed by atoms with E-state index in [-0.39, 0.29) is 17.1 Å². The number of hydrogen-bond donors (Lipinski definition) is 2. The van der Waals surface area contributed by atoms with E-state index in [0.717, 1.165) is 12.5 Å². The molecule has 0 aliphatic carbocycles. The van der Waals surface area contributed by atoms with Crippen LogP contribution in [0.2, 0.25) is 0 Å². The first-order valence-electron chi connectivity index (χ1n) is 6.53. The molecule has 1 unspecified atom stereocenters. The standard InChI is InChI=1S/C13H22FN3O2S/c1-4-10(2)17(3)9-8-16-20(18,19)12-7-5-6-11(14)13(12)15/h5-7,10,16H,4,8-9,15H2,1-3H3. The zero-order valence-electron chi connectivity index (χ0n) is 12.1. The van der Waals surface area contributed by atoms with E-state index >= 15 is 0 Å². The highest BCUT2D eigenvalue weighted by molar-refractivity contribution is 7.89. The van der Waals surface area contributed by atoms with Crippen LogP contribution in [0.3, 0.4) is 0 Å². The Morgan fingerprint density at radius 1 is 1.45 bits per heavy atom. The molecule has 0 aromatic heterocycles. The highest BCUT2D eigenvalue weighted by atomic mass is 32.2. The Balaban J connectivity index is 2.69. The molecule has 0 saturated heterocycles. The van der Waals surface area contributed by atoms with Crippen LogP contribution in [0.1, 0.15) is 20.3 Å². The lowest BCUT2D eigenvalue weighted by Gasteiger charge is -2.23. The largest absolute Gasteiger partial charge is 0.395 e. The Labute approximate surface area is 120 Å². The van der Waals surface area contributed by atoms with Gasteiger partial charge in [-0.2, -0.15) is 0 Å². The molecular weight excluding hydrogens is 281 g/mol. The number of nitrogen functional groups attached to an aromatic ring is 1. The fourth-order valence-electron chi connectivity index (χ4n) is 1.72. The van der Waals surface area contributed by atoms with Crippen molar-refractivity contribution in [2.24, 2.45) is 0 Å². The fraction of sp³-hybridized carbons (Fsp3) is 0.538. The van der Waals surface area contributed by atoms with E-state index in [4.69, 9.17) is 5.73 Å². The molecule has 0 fully saturated rings. The van der Waals surface area contributed by atoms with Crippen molar-refractivity contribution in [2.75, 3.05) is 25.9 Å². The SMILES string of the molecule is CCC(C)N(C)CCNS(=O)(=O)c1cccc(F)c1N. The summed E-state index contributed by atoms with van der Waals surface area (Å²) in [5, 5.41) is 0. The van der Waals surface area contributed by atoms with Crippen LogP contribution in [-0.2, 0) is 10.0 Å². The summed E-state index contributed by atoms with van der Waals surface area (Å²) in [6, 6.07) is 4.12. The summed E-state index contributed by atoms with van der Waals surface area (Å²) in [4.78, 5) is 1.83. The molecule has 0 amide bonds. The van der Waals surface area contributed by atoms with Crippen LogP contribution in [0.25, 0.3) is 0 Å². The fourth-order valence-corrected chi connectivity index (χ4v) is 2.88. The Bertz CT molecular complexity index is 549. The lowest BCUT2D eigenvalue weighted by molar-refractivity contribution is 0.256. The molecule has 1 aromatic rings. The summed E-state index contributed by atoms with van der Waals surface area (Å²) in [7, 11) is -1.85. The third kappa shape index (κ3) is 4.16. The monoisotopic (exact) mass is 303 g/mol. The quantitative estimate of drug-likeness (QED) is 0.747. The molecule has 0 aliphatic rings. The van der Waals surface area contributed by atoms with E-state index in [1.807, 2.05) is 7.05 Å². The van der Waals surface area contributed by atoms with Crippen molar-refractivity contribution in [1.29, 1.82) is 0 Å². The van der Waals surface area contributed by atoms with Crippen LogP contribution in [-0.4, -0.2) is 39.5 Å². The summed E-state index contributed by atoms with van der Waals surface area (Å²) < 4.78 is 39.8.